The molecule has 14 aromatic rings. The number of rotatable bonds is 8. The smallest absolute Gasteiger partial charge is 0.0562 e. The number of para-hydroxylation sites is 3. The molecule has 2 heterocycles. The number of nitrogens with zero attached hydrogens (tertiary/aromatic N) is 3. The van der Waals surface area contributed by atoms with Gasteiger partial charge in [0.05, 0.1) is 33.4 Å². The summed E-state index contributed by atoms with van der Waals surface area (Å²) in [6.45, 7) is 0. The molecule has 71 heavy (non-hydrogen) atoms. The van der Waals surface area contributed by atoms with E-state index >= 15 is 0 Å². The third-order valence-electron chi connectivity index (χ3n) is 14.5. The zero-order chi connectivity index (χ0) is 46.8. The number of benzene rings is 12. The second kappa shape index (κ2) is 16.7. The fourth-order valence-electron chi connectivity index (χ4n) is 11.3. The molecule has 3 nitrogen and oxygen atoms in total. The molecule has 332 valence electrons. The first kappa shape index (κ1) is 40.6. The maximum Gasteiger partial charge on any atom is 0.0562 e. The summed E-state index contributed by atoms with van der Waals surface area (Å²) in [4.78, 5) is 2.44. The quantitative estimate of drug-likeness (QED) is 0.148. The van der Waals surface area contributed by atoms with Crippen molar-refractivity contribution in [2.45, 2.75) is 0 Å². The van der Waals surface area contributed by atoms with Crippen LogP contribution < -0.4 is 4.90 Å². The van der Waals surface area contributed by atoms with E-state index in [-0.39, 0.29) is 0 Å². The van der Waals surface area contributed by atoms with Crippen LogP contribution in [0.2, 0.25) is 0 Å². The molecule has 0 radical (unpaired) electrons. The summed E-state index contributed by atoms with van der Waals surface area (Å²) in [5.41, 5.74) is 17.5. The van der Waals surface area contributed by atoms with Crippen molar-refractivity contribution >= 4 is 82.2 Å². The summed E-state index contributed by atoms with van der Waals surface area (Å²) in [6.07, 6.45) is 0. The van der Waals surface area contributed by atoms with E-state index in [1.807, 2.05) is 0 Å². The van der Waals surface area contributed by atoms with Gasteiger partial charge in [0, 0.05) is 44.0 Å². The fraction of sp³-hybridized carbons (Fsp3) is 0. The molecule has 0 amide bonds. The van der Waals surface area contributed by atoms with Crippen LogP contribution in [-0.2, 0) is 0 Å². The molecule has 0 saturated carbocycles. The number of hydrogen-bond acceptors (Lipinski definition) is 1. The molecule has 0 aliphatic rings. The summed E-state index contributed by atoms with van der Waals surface area (Å²) < 4.78 is 4.83. The standard InChI is InChI=1S/C68H45N3/c1-2-16-49(17-3-1)56-26-12-20-51-21-13-27-57(67(51)56)50-38-44-53(45-39-50)69(65-32-15-33-66-68(65)60-25-8-11-30-64(60)71(66)61-31-14-19-48-18-4-5-22-55(48)61)52-40-34-46(35-41-52)47-36-42-54(43-37-47)70-62-28-9-6-23-58(62)59-24-7-10-29-63(59)70/h1-45H. The lowest BCUT2D eigenvalue weighted by atomic mass is 9.91. The number of aromatic nitrogens is 2. The van der Waals surface area contributed by atoms with Crippen molar-refractivity contribution in [3.05, 3.63) is 273 Å². The molecule has 3 heteroatoms. The van der Waals surface area contributed by atoms with Crippen LogP contribution in [0.4, 0.5) is 17.1 Å². The van der Waals surface area contributed by atoms with E-state index in [0.717, 1.165) is 33.8 Å². The Morgan fingerprint density at radius 1 is 0.254 bits per heavy atom. The highest BCUT2D eigenvalue weighted by Crippen LogP contribution is 2.46. The Kier molecular flexibility index (Phi) is 9.53. The van der Waals surface area contributed by atoms with Gasteiger partial charge in [-0.2, -0.15) is 0 Å². The number of hydrogen-bond donors (Lipinski definition) is 0. The summed E-state index contributed by atoms with van der Waals surface area (Å²) in [7, 11) is 0. The van der Waals surface area contributed by atoms with Crippen molar-refractivity contribution in [2.24, 2.45) is 0 Å². The second-order valence-corrected chi connectivity index (χ2v) is 18.4. The molecule has 0 atom stereocenters. The van der Waals surface area contributed by atoms with Crippen molar-refractivity contribution in [1.29, 1.82) is 0 Å². The van der Waals surface area contributed by atoms with Crippen LogP contribution in [0.5, 0.6) is 0 Å². The lowest BCUT2D eigenvalue weighted by Gasteiger charge is -2.27. The molecule has 0 aliphatic heterocycles. The highest BCUT2D eigenvalue weighted by atomic mass is 15.1. The first-order valence-corrected chi connectivity index (χ1v) is 24.4. The van der Waals surface area contributed by atoms with E-state index in [4.69, 9.17) is 0 Å². The van der Waals surface area contributed by atoms with E-state index in [2.05, 4.69) is 287 Å². The van der Waals surface area contributed by atoms with Gasteiger partial charge in [0.2, 0.25) is 0 Å². The van der Waals surface area contributed by atoms with Crippen LogP contribution in [-0.4, -0.2) is 9.13 Å². The molecule has 0 bridgehead atoms. The average molecular weight is 904 g/mol. The van der Waals surface area contributed by atoms with Crippen molar-refractivity contribution < 1.29 is 0 Å². The molecule has 0 saturated heterocycles. The zero-order valence-corrected chi connectivity index (χ0v) is 38.8. The van der Waals surface area contributed by atoms with Gasteiger partial charge in [-0.15, -0.1) is 0 Å². The predicted molar refractivity (Wildman–Crippen MR) is 301 cm³/mol. The largest absolute Gasteiger partial charge is 0.310 e. The molecule has 12 aromatic carbocycles. The van der Waals surface area contributed by atoms with E-state index < -0.39 is 0 Å². The van der Waals surface area contributed by atoms with Gasteiger partial charge in [-0.3, -0.25) is 0 Å². The minimum absolute atomic E-state index is 1.08. The molecule has 0 aliphatic carbocycles. The zero-order valence-electron chi connectivity index (χ0n) is 38.8. The Balaban J connectivity index is 0.916. The highest BCUT2D eigenvalue weighted by molar-refractivity contribution is 6.17. The fourth-order valence-corrected chi connectivity index (χ4v) is 11.3. The molecule has 0 N–H and O–H groups in total. The summed E-state index contributed by atoms with van der Waals surface area (Å²) in [6, 6.07) is 99.7. The summed E-state index contributed by atoms with van der Waals surface area (Å²) in [5, 5.41) is 9.86. The van der Waals surface area contributed by atoms with Crippen LogP contribution >= 0.6 is 0 Å². The second-order valence-electron chi connectivity index (χ2n) is 18.4. The minimum atomic E-state index is 1.08. The van der Waals surface area contributed by atoms with Crippen molar-refractivity contribution in [3.63, 3.8) is 0 Å². The topological polar surface area (TPSA) is 13.1 Å². The maximum absolute atomic E-state index is 2.45. The van der Waals surface area contributed by atoms with Gasteiger partial charge in [0.15, 0.2) is 0 Å². The third kappa shape index (κ3) is 6.66. The maximum atomic E-state index is 2.45. The average Bonchev–Trinajstić information content (AvgIpc) is 3.97. The number of fused-ring (bicyclic) bond motifs is 8. The molecule has 0 unspecified atom stereocenters. The first-order valence-electron chi connectivity index (χ1n) is 24.4. The van der Waals surface area contributed by atoms with Crippen LogP contribution in [0.15, 0.2) is 273 Å². The van der Waals surface area contributed by atoms with Gasteiger partial charge >= 0.3 is 0 Å². The van der Waals surface area contributed by atoms with Gasteiger partial charge in [-0.1, -0.05) is 200 Å². The minimum Gasteiger partial charge on any atom is -0.310 e. The molecule has 0 spiro atoms. The van der Waals surface area contributed by atoms with Crippen molar-refractivity contribution in [2.75, 3.05) is 4.90 Å². The molecule has 0 fully saturated rings. The van der Waals surface area contributed by atoms with E-state index in [1.165, 1.54) is 93.1 Å². The Labute approximate surface area is 412 Å². The lowest BCUT2D eigenvalue weighted by Crippen LogP contribution is -2.10. The van der Waals surface area contributed by atoms with Crippen LogP contribution in [0.25, 0.3) is 110 Å². The predicted octanol–water partition coefficient (Wildman–Crippen LogP) is 18.7. The first-order chi connectivity index (χ1) is 35.2. The van der Waals surface area contributed by atoms with E-state index in [9.17, 15) is 0 Å². The Bertz CT molecular complexity index is 4250. The Morgan fingerprint density at radius 3 is 1.35 bits per heavy atom. The molecular weight excluding hydrogens is 859 g/mol. The molecule has 14 rings (SSSR count). The van der Waals surface area contributed by atoms with Crippen LogP contribution in [0.3, 0.4) is 0 Å². The van der Waals surface area contributed by atoms with E-state index in [0.29, 0.717) is 0 Å². The van der Waals surface area contributed by atoms with Gasteiger partial charge < -0.3 is 14.0 Å². The molecular formula is C68H45N3. The third-order valence-corrected chi connectivity index (χ3v) is 14.5. The van der Waals surface area contributed by atoms with Gasteiger partial charge in [0.1, 0.15) is 0 Å². The normalized spacial score (nSPS) is 11.7. The Morgan fingerprint density at radius 2 is 0.704 bits per heavy atom. The summed E-state index contributed by atoms with van der Waals surface area (Å²) >= 11 is 0. The van der Waals surface area contributed by atoms with E-state index in [1.54, 1.807) is 0 Å². The Hall–Kier alpha value is -9.44. The van der Waals surface area contributed by atoms with Crippen LogP contribution in [0, 0.1) is 0 Å². The van der Waals surface area contributed by atoms with Gasteiger partial charge in [-0.05, 0) is 122 Å². The van der Waals surface area contributed by atoms with Gasteiger partial charge in [-0.25, -0.2) is 0 Å². The lowest BCUT2D eigenvalue weighted by molar-refractivity contribution is 1.18. The summed E-state index contributed by atoms with van der Waals surface area (Å²) in [5.74, 6) is 0. The number of anilines is 3. The van der Waals surface area contributed by atoms with Crippen molar-refractivity contribution in [1.82, 2.24) is 9.13 Å². The van der Waals surface area contributed by atoms with Crippen molar-refractivity contribution in [3.8, 4) is 44.8 Å². The SMILES string of the molecule is c1ccc(-c2cccc3cccc(-c4ccc(N(c5ccc(-c6ccc(-n7c8ccccc8c8ccccc87)cc6)cc5)c5cccc6c5c5ccccc5n6-c5cccc6ccccc56)cc4)c23)cc1. The van der Waals surface area contributed by atoms with Gasteiger partial charge in [0.25, 0.3) is 0 Å². The van der Waals surface area contributed by atoms with Crippen LogP contribution in [0.1, 0.15) is 0 Å². The molecule has 2 aromatic heterocycles. The monoisotopic (exact) mass is 903 g/mol. The highest BCUT2D eigenvalue weighted by Gasteiger charge is 2.22.